The van der Waals surface area contributed by atoms with Crippen LogP contribution in [-0.4, -0.2) is 47.6 Å². The number of ether oxygens (including phenoxy) is 2. The van der Waals surface area contributed by atoms with Gasteiger partial charge in [-0.25, -0.2) is 0 Å². The van der Waals surface area contributed by atoms with Gasteiger partial charge >= 0.3 is 11.9 Å². The second-order valence-corrected chi connectivity index (χ2v) is 12.0. The Morgan fingerprint density at radius 1 is 0.628 bits per heavy atom. The minimum absolute atomic E-state index is 0.156. The Labute approximate surface area is 263 Å². The maximum absolute atomic E-state index is 11.9. The second-order valence-electron chi connectivity index (χ2n) is 12.0. The van der Waals surface area contributed by atoms with E-state index >= 15 is 0 Å². The van der Waals surface area contributed by atoms with Gasteiger partial charge in [-0.3, -0.25) is 9.59 Å². The van der Waals surface area contributed by atoms with Gasteiger partial charge in [-0.05, 0) is 50.9 Å². The van der Waals surface area contributed by atoms with Gasteiger partial charge in [-0.15, -0.1) is 0 Å². The third-order valence-electron chi connectivity index (χ3n) is 7.10. The Morgan fingerprint density at radius 3 is 1.81 bits per heavy atom. The van der Waals surface area contributed by atoms with Crippen molar-refractivity contribution in [1.29, 1.82) is 0 Å². The van der Waals surface area contributed by atoms with E-state index in [1.807, 2.05) is 18.2 Å². The van der Waals surface area contributed by atoms with Gasteiger partial charge in [0.25, 0.3) is 0 Å². The summed E-state index contributed by atoms with van der Waals surface area (Å²) in [4.78, 5) is 23.8. The van der Waals surface area contributed by atoms with Crippen molar-refractivity contribution in [2.45, 2.75) is 155 Å². The molecule has 0 spiro atoms. The van der Waals surface area contributed by atoms with E-state index in [2.05, 4.69) is 45.1 Å². The number of hydrogen-bond acceptors (Lipinski definition) is 6. The van der Waals surface area contributed by atoms with Crippen molar-refractivity contribution in [2.24, 2.45) is 5.92 Å². The lowest BCUT2D eigenvalue weighted by molar-refractivity contribution is -0.152. The van der Waals surface area contributed by atoms with Crippen LogP contribution >= 0.6 is 0 Å². The molecule has 0 bridgehead atoms. The minimum atomic E-state index is -1.04. The molecule has 248 valence electrons. The van der Waals surface area contributed by atoms with Gasteiger partial charge in [-0.2, -0.15) is 0 Å². The highest BCUT2D eigenvalue weighted by Gasteiger charge is 2.12. The summed E-state index contributed by atoms with van der Waals surface area (Å²) in [5, 5.41) is 20.0. The fourth-order valence-electron chi connectivity index (χ4n) is 4.43. The average molecular weight is 605 g/mol. The van der Waals surface area contributed by atoms with Gasteiger partial charge < -0.3 is 19.7 Å². The zero-order valence-electron chi connectivity index (χ0n) is 27.7. The highest BCUT2D eigenvalue weighted by Crippen LogP contribution is 2.13. The zero-order valence-corrected chi connectivity index (χ0v) is 27.7. The molecule has 0 aromatic rings. The smallest absolute Gasteiger partial charge is 0.305 e. The highest BCUT2D eigenvalue weighted by molar-refractivity contribution is 5.69. The van der Waals surface area contributed by atoms with Crippen molar-refractivity contribution >= 4 is 11.9 Å². The van der Waals surface area contributed by atoms with Crippen molar-refractivity contribution in [1.82, 2.24) is 0 Å². The summed E-state index contributed by atoms with van der Waals surface area (Å²) in [6, 6.07) is 0. The van der Waals surface area contributed by atoms with E-state index in [1.54, 1.807) is 6.08 Å². The molecule has 0 aromatic carbocycles. The van der Waals surface area contributed by atoms with Crippen molar-refractivity contribution in [3.8, 4) is 0 Å². The summed E-state index contributed by atoms with van der Waals surface area (Å²) in [5.41, 5.74) is 0. The Bertz CT molecular complexity index is 767. The molecule has 2 atom stereocenters. The van der Waals surface area contributed by atoms with Gasteiger partial charge in [0.05, 0.1) is 6.10 Å². The van der Waals surface area contributed by atoms with E-state index in [1.165, 1.54) is 57.8 Å². The molecule has 43 heavy (non-hydrogen) atoms. The Morgan fingerprint density at radius 2 is 1.19 bits per heavy atom. The van der Waals surface area contributed by atoms with Crippen LogP contribution in [0.25, 0.3) is 0 Å². The number of carbonyl (C=O) groups is 2. The zero-order chi connectivity index (χ0) is 31.8. The van der Waals surface area contributed by atoms with Crippen molar-refractivity contribution in [3.05, 3.63) is 48.6 Å². The van der Waals surface area contributed by atoms with E-state index in [-0.39, 0.29) is 25.6 Å². The Kier molecular flexibility index (Phi) is 29.7. The van der Waals surface area contributed by atoms with Crippen LogP contribution < -0.4 is 0 Å². The predicted molar refractivity (Wildman–Crippen MR) is 179 cm³/mol. The minimum Gasteiger partial charge on any atom is -0.463 e. The monoisotopic (exact) mass is 604 g/mol. The second kappa shape index (κ2) is 31.3. The van der Waals surface area contributed by atoms with Crippen LogP contribution in [0.5, 0.6) is 0 Å². The molecule has 0 unspecified atom stereocenters. The van der Waals surface area contributed by atoms with Crippen LogP contribution in [0.15, 0.2) is 48.6 Å². The number of hydrogen-bond donors (Lipinski definition) is 2. The van der Waals surface area contributed by atoms with Gasteiger partial charge in [0.15, 0.2) is 0 Å². The largest absolute Gasteiger partial charge is 0.463 e. The van der Waals surface area contributed by atoms with E-state index in [0.717, 1.165) is 44.4 Å². The molecule has 0 fully saturated rings. The quantitative estimate of drug-likeness (QED) is 0.0383. The average Bonchev–Trinajstić information content (AvgIpc) is 2.98. The molecule has 2 N–H and O–H groups in total. The maximum Gasteiger partial charge on any atom is 0.305 e. The number of esters is 2. The molecule has 0 amide bonds. The summed E-state index contributed by atoms with van der Waals surface area (Å²) in [7, 11) is 0. The van der Waals surface area contributed by atoms with E-state index in [9.17, 15) is 19.8 Å². The molecule has 0 aliphatic carbocycles. The van der Waals surface area contributed by atoms with E-state index < -0.39 is 18.2 Å². The molecular formula is C37H64O6. The first-order valence-corrected chi connectivity index (χ1v) is 17.2. The number of carbonyl (C=O) groups excluding carboxylic acids is 2. The molecule has 6 nitrogen and oxygen atoms in total. The van der Waals surface area contributed by atoms with E-state index in [0.29, 0.717) is 19.3 Å². The first-order chi connectivity index (χ1) is 20.8. The summed E-state index contributed by atoms with van der Waals surface area (Å²) < 4.78 is 10.2. The lowest BCUT2D eigenvalue weighted by Gasteiger charge is -2.12. The SMILES string of the molecule is CCCCC/C=C\C/C=C\C/C=C\C=C\[C@@H](O)CCCC(=O)OC[C@H](O)COC(=O)CCCCCCCCCCC(C)C. The normalized spacial score (nSPS) is 13.6. The number of allylic oxidation sites excluding steroid dienone is 7. The van der Waals surface area contributed by atoms with Gasteiger partial charge in [0, 0.05) is 12.8 Å². The lowest BCUT2D eigenvalue weighted by Crippen LogP contribution is -2.25. The van der Waals surface area contributed by atoms with Gasteiger partial charge in [0.1, 0.15) is 19.3 Å². The first-order valence-electron chi connectivity index (χ1n) is 17.2. The van der Waals surface area contributed by atoms with Crippen LogP contribution in [0.3, 0.4) is 0 Å². The Balaban J connectivity index is 3.70. The molecule has 0 rings (SSSR count). The number of rotatable bonds is 29. The summed E-state index contributed by atoms with van der Waals surface area (Å²) in [6.07, 6.45) is 33.4. The van der Waals surface area contributed by atoms with E-state index in [4.69, 9.17) is 9.47 Å². The summed E-state index contributed by atoms with van der Waals surface area (Å²) in [6.45, 7) is 6.37. The lowest BCUT2D eigenvalue weighted by atomic mass is 10.0. The first kappa shape index (κ1) is 40.8. The number of aliphatic hydroxyl groups excluding tert-OH is 2. The molecular weight excluding hydrogens is 540 g/mol. The molecule has 6 heteroatoms. The number of unbranched alkanes of at least 4 members (excludes halogenated alkanes) is 10. The molecule has 0 saturated heterocycles. The van der Waals surface area contributed by atoms with Crippen LogP contribution in [0.4, 0.5) is 0 Å². The molecule has 0 aliphatic heterocycles. The standard InChI is InChI=1S/C37H64O6/c1-4-5-6-7-8-9-10-11-12-13-17-20-23-27-34(38)28-25-30-37(41)43-32-35(39)31-42-36(40)29-24-21-18-15-14-16-19-22-26-33(2)3/h8-9,11-12,17,20,23,27,33-35,38-39H,4-7,10,13-16,18-19,21-22,24-26,28-32H2,1-3H3/b9-8-,12-11-,20-17-,27-23+/t34-,35-/m1/s1. The van der Waals surface area contributed by atoms with Crippen LogP contribution in [0.2, 0.25) is 0 Å². The van der Waals surface area contributed by atoms with Crippen molar-refractivity contribution < 1.29 is 29.3 Å². The predicted octanol–water partition coefficient (Wildman–Crippen LogP) is 9.11. The van der Waals surface area contributed by atoms with Crippen molar-refractivity contribution in [3.63, 3.8) is 0 Å². The summed E-state index contributed by atoms with van der Waals surface area (Å²) in [5.74, 6) is 0.0290. The van der Waals surface area contributed by atoms with Crippen LogP contribution in [0, 0.1) is 5.92 Å². The summed E-state index contributed by atoms with van der Waals surface area (Å²) >= 11 is 0. The Hall–Kier alpha value is -2.18. The molecule has 0 heterocycles. The van der Waals surface area contributed by atoms with Crippen LogP contribution in [0.1, 0.15) is 143 Å². The topological polar surface area (TPSA) is 93.1 Å². The maximum atomic E-state index is 11.9. The van der Waals surface area contributed by atoms with Gasteiger partial charge in [-0.1, -0.05) is 134 Å². The molecule has 0 radical (unpaired) electrons. The van der Waals surface area contributed by atoms with Gasteiger partial charge in [0.2, 0.25) is 0 Å². The third-order valence-corrected chi connectivity index (χ3v) is 7.10. The molecule has 0 aromatic heterocycles. The molecule has 0 saturated carbocycles. The third kappa shape index (κ3) is 32.6. The fourth-order valence-corrected chi connectivity index (χ4v) is 4.43. The number of aliphatic hydroxyl groups is 2. The van der Waals surface area contributed by atoms with Crippen molar-refractivity contribution in [2.75, 3.05) is 13.2 Å². The molecule has 0 aliphatic rings. The highest BCUT2D eigenvalue weighted by atomic mass is 16.6. The fraction of sp³-hybridized carbons (Fsp3) is 0.730. The van der Waals surface area contributed by atoms with Crippen LogP contribution in [-0.2, 0) is 19.1 Å².